The number of hydrogen-bond acceptors (Lipinski definition) is 3. The Morgan fingerprint density at radius 1 is 1.17 bits per heavy atom. The van der Waals surface area contributed by atoms with Crippen LogP contribution in [0.2, 0.25) is 0 Å². The van der Waals surface area contributed by atoms with E-state index in [1.54, 1.807) is 29.3 Å². The topological polar surface area (TPSA) is 53.4 Å². The summed E-state index contributed by atoms with van der Waals surface area (Å²) in [7, 11) is 0. The van der Waals surface area contributed by atoms with E-state index >= 15 is 4.39 Å². The van der Waals surface area contributed by atoms with Gasteiger partial charge in [-0.3, -0.25) is 9.78 Å². The van der Waals surface area contributed by atoms with Gasteiger partial charge in [0.15, 0.2) is 5.67 Å². The number of benzene rings is 1. The second-order valence-electron chi connectivity index (χ2n) is 6.21. The number of aliphatic hydroxyl groups is 1. The van der Waals surface area contributed by atoms with E-state index in [0.29, 0.717) is 5.69 Å². The molecule has 1 amide bonds. The number of amides is 1. The minimum Gasteiger partial charge on any atom is -0.383 e. The molecule has 1 aliphatic heterocycles. The highest BCUT2D eigenvalue weighted by atomic mass is 19.1. The number of likely N-dealkylation sites (tertiary alicyclic amines) is 1. The molecule has 2 aromatic rings. The fourth-order valence-electron chi connectivity index (χ4n) is 3.10. The lowest BCUT2D eigenvalue weighted by Gasteiger charge is -2.36. The zero-order valence-corrected chi connectivity index (χ0v) is 13.4. The highest BCUT2D eigenvalue weighted by Crippen LogP contribution is 2.35. The van der Waals surface area contributed by atoms with Gasteiger partial charge in [0.05, 0.1) is 5.69 Å². The molecule has 1 aromatic carbocycles. The molecule has 5 heteroatoms. The molecule has 2 heterocycles. The zero-order chi connectivity index (χ0) is 17.0. The Labute approximate surface area is 141 Å². The summed E-state index contributed by atoms with van der Waals surface area (Å²) in [5, 5.41) is 10.2. The number of rotatable bonds is 4. The maximum absolute atomic E-state index is 15.0. The van der Waals surface area contributed by atoms with Gasteiger partial charge < -0.3 is 10.0 Å². The number of carbonyl (C=O) groups is 1. The Hall–Kier alpha value is -2.27. The number of aromatic nitrogens is 1. The zero-order valence-electron chi connectivity index (χ0n) is 13.4. The average Bonchev–Trinajstić information content (AvgIpc) is 2.63. The first-order valence-corrected chi connectivity index (χ1v) is 8.20. The number of nitrogens with zero attached hydrogens (tertiary/aromatic N) is 2. The monoisotopic (exact) mass is 328 g/mol. The van der Waals surface area contributed by atoms with Gasteiger partial charge in [0.25, 0.3) is 5.91 Å². The molecule has 24 heavy (non-hydrogen) atoms. The van der Waals surface area contributed by atoms with E-state index in [0.717, 1.165) is 5.56 Å². The molecule has 3 rings (SSSR count). The quantitative estimate of drug-likeness (QED) is 0.938. The Balaban J connectivity index is 1.59. The highest BCUT2D eigenvalue weighted by Gasteiger charge is 2.39. The molecular formula is C19H21FN2O2. The molecule has 0 radical (unpaired) electrons. The van der Waals surface area contributed by atoms with Gasteiger partial charge in [-0.05, 0) is 17.7 Å². The van der Waals surface area contributed by atoms with E-state index in [-0.39, 0.29) is 38.3 Å². The molecule has 126 valence electrons. The number of halogens is 1. The van der Waals surface area contributed by atoms with E-state index in [2.05, 4.69) is 4.98 Å². The largest absolute Gasteiger partial charge is 0.383 e. The first-order valence-electron chi connectivity index (χ1n) is 8.20. The third kappa shape index (κ3) is 3.62. The fourth-order valence-corrected chi connectivity index (χ4v) is 3.10. The van der Waals surface area contributed by atoms with Gasteiger partial charge in [-0.1, -0.05) is 36.4 Å². The third-order valence-corrected chi connectivity index (χ3v) is 4.55. The van der Waals surface area contributed by atoms with Crippen molar-refractivity contribution in [2.24, 2.45) is 0 Å². The molecule has 0 bridgehead atoms. The lowest BCUT2D eigenvalue weighted by molar-refractivity contribution is -0.143. The van der Waals surface area contributed by atoms with Crippen LogP contribution in [0.5, 0.6) is 0 Å². The van der Waals surface area contributed by atoms with Crippen molar-refractivity contribution in [3.63, 3.8) is 0 Å². The van der Waals surface area contributed by atoms with Crippen molar-refractivity contribution in [3.8, 4) is 0 Å². The highest BCUT2D eigenvalue weighted by molar-refractivity contribution is 5.81. The van der Waals surface area contributed by atoms with Gasteiger partial charge in [0.1, 0.15) is 6.10 Å². The molecule has 1 aliphatic rings. The molecule has 1 N–H and O–H groups in total. The number of pyridine rings is 1. The van der Waals surface area contributed by atoms with Crippen molar-refractivity contribution < 1.29 is 14.3 Å². The van der Waals surface area contributed by atoms with E-state index in [9.17, 15) is 9.90 Å². The van der Waals surface area contributed by atoms with Crippen LogP contribution in [0, 0.1) is 0 Å². The molecule has 0 spiro atoms. The summed E-state index contributed by atoms with van der Waals surface area (Å²) in [4.78, 5) is 18.0. The summed E-state index contributed by atoms with van der Waals surface area (Å²) < 4.78 is 15.0. The van der Waals surface area contributed by atoms with Crippen molar-refractivity contribution in [2.75, 3.05) is 13.1 Å². The second-order valence-corrected chi connectivity index (χ2v) is 6.21. The number of piperidine rings is 1. The Morgan fingerprint density at radius 3 is 2.46 bits per heavy atom. The van der Waals surface area contributed by atoms with Crippen molar-refractivity contribution in [2.45, 2.75) is 31.0 Å². The van der Waals surface area contributed by atoms with Gasteiger partial charge >= 0.3 is 0 Å². The first-order chi connectivity index (χ1) is 11.6. The lowest BCUT2D eigenvalue weighted by Crippen LogP contribution is -2.47. The molecule has 1 atom stereocenters. The molecule has 0 saturated carbocycles. The van der Waals surface area contributed by atoms with Gasteiger partial charge in [0, 0.05) is 38.5 Å². The number of aliphatic hydroxyl groups excluding tert-OH is 1. The SMILES string of the molecule is O=C([C@@H](O)Cc1ccccc1)N1CCC(F)(c2ccccn2)CC1. The van der Waals surface area contributed by atoms with Crippen LogP contribution < -0.4 is 0 Å². The summed E-state index contributed by atoms with van der Waals surface area (Å²) in [6.45, 7) is 0.579. The second kappa shape index (κ2) is 7.09. The average molecular weight is 328 g/mol. The maximum Gasteiger partial charge on any atom is 0.251 e. The molecular weight excluding hydrogens is 307 g/mol. The van der Waals surface area contributed by atoms with Crippen LogP contribution in [0.1, 0.15) is 24.1 Å². The Kier molecular flexibility index (Phi) is 4.90. The molecule has 1 aromatic heterocycles. The Morgan fingerprint density at radius 2 is 1.83 bits per heavy atom. The summed E-state index contributed by atoms with van der Waals surface area (Å²) in [6, 6.07) is 14.6. The van der Waals surface area contributed by atoms with Crippen molar-refractivity contribution in [3.05, 3.63) is 66.0 Å². The molecule has 1 saturated heterocycles. The lowest BCUT2D eigenvalue weighted by atomic mass is 9.89. The van der Waals surface area contributed by atoms with Gasteiger partial charge in [0.2, 0.25) is 0 Å². The van der Waals surface area contributed by atoms with E-state index < -0.39 is 11.8 Å². The number of hydrogen-bond donors (Lipinski definition) is 1. The van der Waals surface area contributed by atoms with Gasteiger partial charge in [-0.15, -0.1) is 0 Å². The number of carbonyl (C=O) groups excluding carboxylic acids is 1. The fraction of sp³-hybridized carbons (Fsp3) is 0.368. The number of alkyl halides is 1. The van der Waals surface area contributed by atoms with E-state index in [1.165, 1.54) is 0 Å². The van der Waals surface area contributed by atoms with Crippen LogP contribution in [0.25, 0.3) is 0 Å². The molecule has 4 nitrogen and oxygen atoms in total. The predicted octanol–water partition coefficient (Wildman–Crippen LogP) is 2.47. The maximum atomic E-state index is 15.0. The van der Waals surface area contributed by atoms with Crippen LogP contribution in [0.4, 0.5) is 4.39 Å². The van der Waals surface area contributed by atoms with Crippen LogP contribution in [-0.2, 0) is 16.9 Å². The van der Waals surface area contributed by atoms with Crippen LogP contribution in [-0.4, -0.2) is 40.1 Å². The van der Waals surface area contributed by atoms with Crippen molar-refractivity contribution >= 4 is 5.91 Å². The van der Waals surface area contributed by atoms with Gasteiger partial charge in [-0.25, -0.2) is 4.39 Å². The van der Waals surface area contributed by atoms with Gasteiger partial charge in [-0.2, -0.15) is 0 Å². The summed E-state index contributed by atoms with van der Waals surface area (Å²) in [5.41, 5.74) is -0.173. The summed E-state index contributed by atoms with van der Waals surface area (Å²) >= 11 is 0. The minimum atomic E-state index is -1.50. The summed E-state index contributed by atoms with van der Waals surface area (Å²) in [5.74, 6) is -0.332. The van der Waals surface area contributed by atoms with Crippen LogP contribution in [0.15, 0.2) is 54.7 Å². The standard InChI is InChI=1S/C19H21FN2O2/c20-19(17-8-4-5-11-21-17)9-12-22(13-10-19)18(24)16(23)14-15-6-2-1-3-7-15/h1-8,11,16,23H,9-10,12-14H2/t16-/m0/s1. The Bertz CT molecular complexity index is 670. The predicted molar refractivity (Wildman–Crippen MR) is 89.0 cm³/mol. The third-order valence-electron chi connectivity index (χ3n) is 4.55. The summed E-state index contributed by atoms with van der Waals surface area (Å²) in [6.07, 6.45) is 1.17. The first kappa shape index (κ1) is 16.6. The minimum absolute atomic E-state index is 0.202. The van der Waals surface area contributed by atoms with Crippen LogP contribution >= 0.6 is 0 Å². The van der Waals surface area contributed by atoms with E-state index in [1.807, 2.05) is 30.3 Å². The molecule has 0 aliphatic carbocycles. The molecule has 0 unspecified atom stereocenters. The van der Waals surface area contributed by atoms with E-state index in [4.69, 9.17) is 0 Å². The normalized spacial score (nSPS) is 18.2. The molecule has 1 fully saturated rings. The van der Waals surface area contributed by atoms with Crippen molar-refractivity contribution in [1.29, 1.82) is 0 Å². The van der Waals surface area contributed by atoms with Crippen molar-refractivity contribution in [1.82, 2.24) is 9.88 Å². The smallest absolute Gasteiger partial charge is 0.251 e. The van der Waals surface area contributed by atoms with Crippen LogP contribution in [0.3, 0.4) is 0 Å².